The van der Waals surface area contributed by atoms with Crippen LogP contribution < -0.4 is 21.1 Å². The lowest BCUT2D eigenvalue weighted by Crippen LogP contribution is -2.44. The number of cyclic esters (lactones) is 1. The molecule has 14 heteroatoms. The molecule has 2 amide bonds. The highest BCUT2D eigenvalue weighted by Crippen LogP contribution is 2.40. The summed E-state index contributed by atoms with van der Waals surface area (Å²) in [7, 11) is 0. The molecule has 0 aliphatic carbocycles. The number of benzene rings is 1. The average molecular weight is 650 g/mol. The highest BCUT2D eigenvalue weighted by Gasteiger charge is 2.45. The number of ether oxygens (including phenoxy) is 2. The number of esters is 1. The van der Waals surface area contributed by atoms with Crippen LogP contribution in [0.3, 0.4) is 0 Å². The fourth-order valence-electron chi connectivity index (χ4n) is 5.69. The van der Waals surface area contributed by atoms with Crippen molar-refractivity contribution < 1.29 is 39.0 Å². The van der Waals surface area contributed by atoms with Gasteiger partial charge in [-0.3, -0.25) is 14.8 Å². The van der Waals surface area contributed by atoms with E-state index in [1.807, 2.05) is 20.8 Å². The second-order valence-electron chi connectivity index (χ2n) is 12.6. The third-order valence-corrected chi connectivity index (χ3v) is 8.15. The highest BCUT2D eigenvalue weighted by molar-refractivity contribution is 6.03. The number of hydrogen-bond acceptors (Lipinski definition) is 11. The van der Waals surface area contributed by atoms with Gasteiger partial charge in [-0.15, -0.1) is 0 Å². The van der Waals surface area contributed by atoms with E-state index in [2.05, 4.69) is 10.5 Å². The van der Waals surface area contributed by atoms with Crippen LogP contribution in [0.15, 0.2) is 34.2 Å². The van der Waals surface area contributed by atoms with Crippen LogP contribution in [0.2, 0.25) is 0 Å². The minimum Gasteiger partial charge on any atom is -0.458 e. The summed E-state index contributed by atoms with van der Waals surface area (Å²) in [6, 6.07) is 6.62. The molecule has 2 aliphatic rings. The monoisotopic (exact) mass is 649 g/mol. The molecule has 4 N–H and O–H groups in total. The Labute approximate surface area is 270 Å². The van der Waals surface area contributed by atoms with Crippen molar-refractivity contribution in [2.75, 3.05) is 6.54 Å². The first-order chi connectivity index (χ1) is 22.4. The number of aliphatic hydroxyl groups is 1. The summed E-state index contributed by atoms with van der Waals surface area (Å²) in [6.45, 7) is 7.52. The van der Waals surface area contributed by atoms with Crippen molar-refractivity contribution in [2.45, 2.75) is 90.6 Å². The van der Waals surface area contributed by atoms with E-state index in [0.29, 0.717) is 52.8 Å². The molecule has 0 unspecified atom stereocenters. The van der Waals surface area contributed by atoms with Gasteiger partial charge in [0, 0.05) is 35.0 Å². The van der Waals surface area contributed by atoms with Crippen LogP contribution in [0.5, 0.6) is 5.75 Å². The van der Waals surface area contributed by atoms with E-state index in [4.69, 9.17) is 24.5 Å². The Hall–Kier alpha value is -4.82. The topological polar surface area (TPSA) is 191 Å². The fraction of sp³-hybridized carbons (Fsp3) is 0.455. The van der Waals surface area contributed by atoms with Crippen molar-refractivity contribution in [3.63, 3.8) is 0 Å². The first kappa shape index (κ1) is 33.5. The van der Waals surface area contributed by atoms with Crippen molar-refractivity contribution in [3.8, 4) is 17.1 Å². The summed E-state index contributed by atoms with van der Waals surface area (Å²) >= 11 is 0. The zero-order valence-electron chi connectivity index (χ0n) is 26.8. The molecule has 0 spiro atoms. The van der Waals surface area contributed by atoms with Crippen LogP contribution in [0.1, 0.15) is 88.5 Å². The summed E-state index contributed by atoms with van der Waals surface area (Å²) in [6.07, 6.45) is 4.09. The number of amides is 2. The molecule has 3 aromatic rings. The van der Waals surface area contributed by atoms with Gasteiger partial charge in [-0.05, 0) is 64.3 Å². The number of hydrogen-bond donors (Lipinski definition) is 4. The second kappa shape index (κ2) is 13.5. The van der Waals surface area contributed by atoms with Gasteiger partial charge in [0.15, 0.2) is 5.60 Å². The number of oxime groups is 1. The number of nitrogens with one attached hydrogen (secondary N) is 2. The van der Waals surface area contributed by atoms with E-state index in [0.717, 1.165) is 12.8 Å². The number of pyridine rings is 2. The van der Waals surface area contributed by atoms with Gasteiger partial charge in [0.05, 0.1) is 35.2 Å². The molecule has 0 saturated heterocycles. The maximum atomic E-state index is 13.7. The predicted octanol–water partition coefficient (Wildman–Crippen LogP) is 3.77. The quantitative estimate of drug-likeness (QED) is 0.0612. The zero-order valence-corrected chi connectivity index (χ0v) is 26.8. The summed E-state index contributed by atoms with van der Waals surface area (Å²) in [4.78, 5) is 60.4. The predicted molar refractivity (Wildman–Crippen MR) is 170 cm³/mol. The van der Waals surface area contributed by atoms with Gasteiger partial charge in [-0.1, -0.05) is 24.9 Å². The Morgan fingerprint density at radius 3 is 2.64 bits per heavy atom. The van der Waals surface area contributed by atoms with Crippen molar-refractivity contribution in [1.29, 1.82) is 0 Å². The molecule has 1 atom stereocenters. The highest BCUT2D eigenvalue weighted by atomic mass is 16.6. The Bertz CT molecular complexity index is 1810. The van der Waals surface area contributed by atoms with Gasteiger partial charge >= 0.3 is 12.1 Å². The Balaban J connectivity index is 1.44. The van der Waals surface area contributed by atoms with Gasteiger partial charge in [0.2, 0.25) is 5.91 Å². The summed E-state index contributed by atoms with van der Waals surface area (Å²) in [5.74, 6) is -0.951. The first-order valence-corrected chi connectivity index (χ1v) is 15.6. The van der Waals surface area contributed by atoms with Crippen LogP contribution >= 0.6 is 0 Å². The van der Waals surface area contributed by atoms with Crippen LogP contribution in [-0.2, 0) is 37.9 Å². The lowest BCUT2D eigenvalue weighted by molar-refractivity contribution is -0.172. The molecule has 0 fully saturated rings. The maximum absolute atomic E-state index is 13.7. The third-order valence-electron chi connectivity index (χ3n) is 8.15. The van der Waals surface area contributed by atoms with Crippen molar-refractivity contribution in [2.24, 2.45) is 5.16 Å². The molecule has 14 nitrogen and oxygen atoms in total. The van der Waals surface area contributed by atoms with Crippen molar-refractivity contribution in [3.05, 3.63) is 56.9 Å². The molecule has 2 aromatic heterocycles. The number of aromatic nitrogens is 2. The Morgan fingerprint density at radius 1 is 1.15 bits per heavy atom. The molecule has 0 radical (unpaired) electrons. The number of carbonyl (C=O) groups excluding carboxylic acids is 3. The number of carbonyl (C=O) groups is 3. The molecule has 1 aromatic carbocycles. The zero-order chi connectivity index (χ0) is 33.9. The molecule has 2 aliphatic heterocycles. The van der Waals surface area contributed by atoms with Gasteiger partial charge in [0.1, 0.15) is 18.0 Å². The summed E-state index contributed by atoms with van der Waals surface area (Å²) in [5, 5.41) is 27.3. The number of hydroxylamine groups is 1. The minimum atomic E-state index is -1.95. The van der Waals surface area contributed by atoms with Crippen molar-refractivity contribution >= 4 is 35.1 Å². The molecular formula is C33H39N5O9. The van der Waals surface area contributed by atoms with E-state index in [-0.39, 0.29) is 48.4 Å². The van der Waals surface area contributed by atoms with E-state index in [9.17, 15) is 24.3 Å². The van der Waals surface area contributed by atoms with Crippen LogP contribution in [0, 0.1) is 0 Å². The van der Waals surface area contributed by atoms with E-state index in [1.54, 1.807) is 47.5 Å². The SMILES string of the molecule is CC[C@@]1(O)C(=O)OCc2c1cc1n(c2=O)Cc2c-1nc1ccc(OC(=O)NCCCCCCC(=O)NO)cc1c2/C=N/OC(C)(C)C. The smallest absolute Gasteiger partial charge is 0.412 e. The molecule has 250 valence electrons. The minimum absolute atomic E-state index is 0.0314. The van der Waals surface area contributed by atoms with E-state index < -0.39 is 29.2 Å². The molecule has 4 heterocycles. The van der Waals surface area contributed by atoms with Gasteiger partial charge in [-0.25, -0.2) is 20.1 Å². The Morgan fingerprint density at radius 2 is 1.91 bits per heavy atom. The van der Waals surface area contributed by atoms with Crippen LogP contribution in [-0.4, -0.2) is 56.2 Å². The lowest BCUT2D eigenvalue weighted by atomic mass is 9.86. The number of nitrogens with zero attached hydrogens (tertiary/aromatic N) is 3. The van der Waals surface area contributed by atoms with Gasteiger partial charge < -0.3 is 29.3 Å². The fourth-order valence-corrected chi connectivity index (χ4v) is 5.69. The van der Waals surface area contributed by atoms with E-state index >= 15 is 0 Å². The molecule has 47 heavy (non-hydrogen) atoms. The Kier molecular flexibility index (Phi) is 9.63. The number of rotatable bonds is 11. The van der Waals surface area contributed by atoms with Gasteiger partial charge in [0.25, 0.3) is 5.56 Å². The third kappa shape index (κ3) is 6.98. The first-order valence-electron chi connectivity index (χ1n) is 15.6. The summed E-state index contributed by atoms with van der Waals surface area (Å²) < 4.78 is 12.3. The molecule has 0 bridgehead atoms. The van der Waals surface area contributed by atoms with Crippen LogP contribution in [0.4, 0.5) is 4.79 Å². The number of unbranched alkanes of at least 4 members (excludes halogenated alkanes) is 3. The largest absolute Gasteiger partial charge is 0.458 e. The second-order valence-corrected chi connectivity index (χ2v) is 12.6. The van der Waals surface area contributed by atoms with E-state index in [1.165, 1.54) is 0 Å². The molecule has 0 saturated carbocycles. The maximum Gasteiger partial charge on any atom is 0.412 e. The lowest BCUT2D eigenvalue weighted by Gasteiger charge is -2.31. The van der Waals surface area contributed by atoms with Gasteiger partial charge in [-0.2, -0.15) is 0 Å². The van der Waals surface area contributed by atoms with Crippen LogP contribution in [0.25, 0.3) is 22.3 Å². The molecule has 5 rings (SSSR count). The normalized spacial score (nSPS) is 16.8. The standard InChI is InChI=1S/C33H39N5O9/c1-5-33(43)24-15-26-28-22(17-38(26)29(40)23(24)18-45-30(33)41)21(16-35-47-32(2,3)4)20-14-19(11-12-25(20)36-28)46-31(42)34-13-9-7-6-8-10-27(39)37-44/h11-12,14-16,43-44H,5-10,13,17-18H2,1-4H3,(H,34,42)(H,37,39)/b35-16+/t33-/m0/s1. The molecular weight excluding hydrogens is 610 g/mol. The summed E-state index contributed by atoms with van der Waals surface area (Å²) in [5.41, 5.74) is 1.90. The number of fused-ring (bicyclic) bond motifs is 5. The average Bonchev–Trinajstić information content (AvgIpc) is 3.40. The van der Waals surface area contributed by atoms with Crippen molar-refractivity contribution in [1.82, 2.24) is 20.3 Å².